The zero-order chi connectivity index (χ0) is 27.0. The molecule has 2 aromatic rings. The molecule has 0 aliphatic carbocycles. The summed E-state index contributed by atoms with van der Waals surface area (Å²) >= 11 is 0. The number of nitrogens with one attached hydrogen (secondary N) is 2. The van der Waals surface area contributed by atoms with Gasteiger partial charge in [0.15, 0.2) is 0 Å². The molecule has 1 aliphatic heterocycles. The molecule has 1 aromatic carbocycles. The minimum atomic E-state index is -4.77. The van der Waals surface area contributed by atoms with Gasteiger partial charge in [-0.3, -0.25) is 14.7 Å². The summed E-state index contributed by atoms with van der Waals surface area (Å²) < 4.78 is 61.1. The summed E-state index contributed by atoms with van der Waals surface area (Å²) in [6.07, 6.45) is -4.72. The van der Waals surface area contributed by atoms with Crippen LogP contribution in [0.25, 0.3) is 5.57 Å². The summed E-state index contributed by atoms with van der Waals surface area (Å²) in [4.78, 5) is 28.5. The lowest BCUT2D eigenvalue weighted by molar-refractivity contribution is -0.142. The molecule has 0 fully saturated rings. The van der Waals surface area contributed by atoms with Crippen molar-refractivity contribution in [3.8, 4) is 0 Å². The van der Waals surface area contributed by atoms with Crippen LogP contribution in [0.15, 0.2) is 23.9 Å². The van der Waals surface area contributed by atoms with E-state index in [-0.39, 0.29) is 59.3 Å². The van der Waals surface area contributed by atoms with Gasteiger partial charge in [-0.15, -0.1) is 0 Å². The van der Waals surface area contributed by atoms with E-state index in [1.165, 1.54) is 31.1 Å². The van der Waals surface area contributed by atoms with Gasteiger partial charge in [0.1, 0.15) is 17.2 Å². The summed E-state index contributed by atoms with van der Waals surface area (Å²) in [7, 11) is 1.44. The Labute approximate surface area is 206 Å². The molecule has 3 rings (SSSR count). The summed E-state index contributed by atoms with van der Waals surface area (Å²) in [5.74, 6) is -1.73. The maximum Gasteiger partial charge on any atom is 0.433 e. The number of halogens is 4. The van der Waals surface area contributed by atoms with Crippen molar-refractivity contribution >= 4 is 17.4 Å². The van der Waals surface area contributed by atoms with Crippen LogP contribution in [0.3, 0.4) is 0 Å². The van der Waals surface area contributed by atoms with Crippen molar-refractivity contribution in [1.82, 2.24) is 20.4 Å². The molecule has 1 aromatic heterocycles. The van der Waals surface area contributed by atoms with Crippen molar-refractivity contribution in [2.45, 2.75) is 58.7 Å². The quantitative estimate of drug-likeness (QED) is 0.557. The van der Waals surface area contributed by atoms with E-state index >= 15 is 0 Å². The largest absolute Gasteiger partial charge is 0.433 e. The molecule has 0 radical (unpaired) electrons. The number of fused-ring (bicyclic) bond motifs is 1. The molecule has 0 bridgehead atoms. The number of amides is 2. The minimum Gasteiger partial charge on any atom is -0.384 e. The Morgan fingerprint density at radius 1 is 1.28 bits per heavy atom. The molecule has 11 heteroatoms. The van der Waals surface area contributed by atoms with E-state index in [0.29, 0.717) is 0 Å². The van der Waals surface area contributed by atoms with Crippen LogP contribution >= 0.6 is 0 Å². The molecule has 0 atom stereocenters. The van der Waals surface area contributed by atoms with Gasteiger partial charge in [0, 0.05) is 48.4 Å². The van der Waals surface area contributed by atoms with Crippen LogP contribution in [0.4, 0.5) is 17.6 Å². The van der Waals surface area contributed by atoms with Crippen molar-refractivity contribution in [3.05, 3.63) is 57.8 Å². The Hall–Kier alpha value is -3.21. The minimum absolute atomic E-state index is 0.0486. The number of methoxy groups -OCH3 is 1. The van der Waals surface area contributed by atoms with E-state index in [1.54, 1.807) is 27.7 Å². The van der Waals surface area contributed by atoms with Crippen molar-refractivity contribution < 1.29 is 31.9 Å². The van der Waals surface area contributed by atoms with Gasteiger partial charge in [0.2, 0.25) is 0 Å². The Bertz CT molecular complexity index is 1200. The highest BCUT2D eigenvalue weighted by Crippen LogP contribution is 2.44. The Kier molecular flexibility index (Phi) is 7.64. The van der Waals surface area contributed by atoms with Crippen LogP contribution in [0.5, 0.6) is 0 Å². The van der Waals surface area contributed by atoms with Gasteiger partial charge in [-0.05, 0) is 44.5 Å². The molecule has 2 amide bonds. The second-order valence-electron chi connectivity index (χ2n) is 9.75. The number of hydrogen-bond donors (Lipinski definition) is 2. The number of carbonyl (C=O) groups excluding carboxylic acids is 2. The number of rotatable bonds is 6. The second-order valence-corrected chi connectivity index (χ2v) is 9.75. The average Bonchev–Trinajstić information content (AvgIpc) is 3.19. The van der Waals surface area contributed by atoms with Gasteiger partial charge in [-0.2, -0.15) is 18.3 Å². The number of aromatic nitrogens is 2. The van der Waals surface area contributed by atoms with Gasteiger partial charge in [-0.1, -0.05) is 13.8 Å². The molecule has 2 heterocycles. The zero-order valence-corrected chi connectivity index (χ0v) is 21.1. The van der Waals surface area contributed by atoms with Crippen molar-refractivity contribution in [2.24, 2.45) is 0 Å². The number of aryl methyl sites for hydroxylation is 1. The van der Waals surface area contributed by atoms with E-state index in [4.69, 9.17) is 4.74 Å². The molecular weight excluding hydrogens is 480 g/mol. The number of benzene rings is 1. The van der Waals surface area contributed by atoms with Crippen LogP contribution in [0.1, 0.15) is 67.0 Å². The van der Waals surface area contributed by atoms with Crippen LogP contribution in [0, 0.1) is 12.7 Å². The van der Waals surface area contributed by atoms with Crippen molar-refractivity contribution in [2.75, 3.05) is 20.3 Å². The number of ether oxygens (including phenoxy) is 1. The monoisotopic (exact) mass is 510 g/mol. The molecule has 36 heavy (non-hydrogen) atoms. The Morgan fingerprint density at radius 2 is 1.94 bits per heavy atom. The normalized spacial score (nSPS) is 15.7. The number of hydrogen-bond acceptors (Lipinski definition) is 4. The van der Waals surface area contributed by atoms with E-state index in [9.17, 15) is 27.2 Å². The molecule has 2 N–H and O–H groups in total. The maximum atomic E-state index is 14.0. The van der Waals surface area contributed by atoms with Gasteiger partial charge >= 0.3 is 6.18 Å². The maximum absolute atomic E-state index is 14.0. The molecule has 0 saturated heterocycles. The molecule has 1 aliphatic rings. The summed E-state index contributed by atoms with van der Waals surface area (Å²) in [6.45, 7) is 7.96. The van der Waals surface area contributed by atoms with E-state index < -0.39 is 34.9 Å². The highest BCUT2D eigenvalue weighted by molar-refractivity contribution is 6.21. The van der Waals surface area contributed by atoms with Gasteiger partial charge in [0.25, 0.3) is 11.8 Å². The SMILES string of the molecule is COCCC1=C(C(=O)NC(C)C)c2n[nH]c(C(F)(F)F)c2C(C)(C)CN1C(=O)c1ccc(F)c(C)c1. The molecule has 0 spiro atoms. The first-order valence-corrected chi connectivity index (χ1v) is 11.5. The third-order valence-electron chi connectivity index (χ3n) is 5.97. The van der Waals surface area contributed by atoms with Gasteiger partial charge in [-0.25, -0.2) is 4.39 Å². The number of alkyl halides is 3. The molecular formula is C25H30F4N4O3. The standard InChI is InChI=1S/C25H30F4N4O3/c1-13(2)30-22(34)18-17(9-10-36-6)33(23(35)15-7-8-16(26)14(3)11-15)12-24(4,5)19-20(18)31-32-21(19)25(27,28)29/h7-8,11,13H,9-10,12H2,1-6H3,(H,30,34)(H,31,32). The second kappa shape index (κ2) is 10.0. The van der Waals surface area contributed by atoms with Crippen molar-refractivity contribution in [1.29, 1.82) is 0 Å². The first-order chi connectivity index (χ1) is 16.7. The van der Waals surface area contributed by atoms with E-state index in [2.05, 4.69) is 15.5 Å². The predicted octanol–water partition coefficient (Wildman–Crippen LogP) is 4.58. The number of carbonyl (C=O) groups is 2. The zero-order valence-electron chi connectivity index (χ0n) is 21.1. The van der Waals surface area contributed by atoms with E-state index in [1.807, 2.05) is 0 Å². The average molecular weight is 511 g/mol. The summed E-state index contributed by atoms with van der Waals surface area (Å²) in [5.41, 5.74) is -2.30. The van der Waals surface area contributed by atoms with Crippen LogP contribution in [-0.2, 0) is 21.1 Å². The lowest BCUT2D eigenvalue weighted by Gasteiger charge is -2.33. The summed E-state index contributed by atoms with van der Waals surface area (Å²) in [5, 5.41) is 8.74. The number of H-pyrrole nitrogens is 1. The molecule has 0 saturated carbocycles. The highest BCUT2D eigenvalue weighted by Gasteiger charge is 2.47. The fourth-order valence-corrected chi connectivity index (χ4v) is 4.39. The molecule has 196 valence electrons. The van der Waals surface area contributed by atoms with E-state index in [0.717, 1.165) is 6.07 Å². The third kappa shape index (κ3) is 5.30. The summed E-state index contributed by atoms with van der Waals surface area (Å²) in [6, 6.07) is 3.50. The van der Waals surface area contributed by atoms with Crippen LogP contribution in [-0.4, -0.2) is 53.2 Å². The van der Waals surface area contributed by atoms with Gasteiger partial charge in [0.05, 0.1) is 12.2 Å². The van der Waals surface area contributed by atoms with Crippen LogP contribution < -0.4 is 5.32 Å². The predicted molar refractivity (Wildman–Crippen MR) is 125 cm³/mol. The fourth-order valence-electron chi connectivity index (χ4n) is 4.39. The smallest absolute Gasteiger partial charge is 0.384 e. The third-order valence-corrected chi connectivity index (χ3v) is 5.97. The fraction of sp³-hybridized carbons (Fsp3) is 0.480. The first-order valence-electron chi connectivity index (χ1n) is 11.5. The topological polar surface area (TPSA) is 87.3 Å². The number of aromatic amines is 1. The lowest BCUT2D eigenvalue weighted by atomic mass is 9.81. The van der Waals surface area contributed by atoms with Gasteiger partial charge < -0.3 is 15.0 Å². The Balaban J connectivity index is 2.34. The molecule has 7 nitrogen and oxygen atoms in total. The first kappa shape index (κ1) is 27.4. The lowest BCUT2D eigenvalue weighted by Crippen LogP contribution is -2.41. The van der Waals surface area contributed by atoms with Crippen molar-refractivity contribution in [3.63, 3.8) is 0 Å². The van der Waals surface area contributed by atoms with Crippen LogP contribution in [0.2, 0.25) is 0 Å². The number of nitrogens with zero attached hydrogens (tertiary/aromatic N) is 2. The Morgan fingerprint density at radius 3 is 2.50 bits per heavy atom. The molecule has 0 unspecified atom stereocenters. The highest BCUT2D eigenvalue weighted by atomic mass is 19.4.